The molecule has 29 heavy (non-hydrogen) atoms. The molecule has 1 N–H and O–H groups in total. The number of para-hydroxylation sites is 1. The molecule has 5 rings (SSSR count). The number of amides is 1. The van der Waals surface area contributed by atoms with Crippen molar-refractivity contribution in [1.29, 1.82) is 0 Å². The number of anilines is 1. The number of nitrogens with zero attached hydrogens (tertiary/aromatic N) is 2. The molecule has 0 saturated heterocycles. The minimum atomic E-state index is -0.601. The fraction of sp³-hybridized carbons (Fsp3) is 0.0833. The largest absolute Gasteiger partial charge is 0.295 e. The first-order chi connectivity index (χ1) is 14.1. The number of fused-ring (bicyclic) bond motifs is 1. The molecule has 2 heterocycles. The van der Waals surface area contributed by atoms with Crippen molar-refractivity contribution in [3.05, 3.63) is 107 Å². The molecule has 0 spiro atoms. The molecule has 0 aliphatic carbocycles. The highest BCUT2D eigenvalue weighted by Gasteiger charge is 2.43. The Hall–Kier alpha value is -3.73. The van der Waals surface area contributed by atoms with Gasteiger partial charge in [0.05, 0.1) is 11.7 Å². The van der Waals surface area contributed by atoms with Crippen molar-refractivity contribution in [1.82, 2.24) is 10.2 Å². The summed E-state index contributed by atoms with van der Waals surface area (Å²) in [5.74, 6) is -0.569. The summed E-state index contributed by atoms with van der Waals surface area (Å²) in [5, 5.41) is 7.33. The number of hydrogen-bond donors (Lipinski definition) is 1. The van der Waals surface area contributed by atoms with E-state index in [2.05, 4.69) is 10.2 Å². The van der Waals surface area contributed by atoms with Gasteiger partial charge in [-0.05, 0) is 25.1 Å². The molecule has 4 nitrogen and oxygen atoms in total. The average molecular weight is 383 g/mol. The van der Waals surface area contributed by atoms with E-state index in [1.807, 2.05) is 61.5 Å². The van der Waals surface area contributed by atoms with Gasteiger partial charge in [0.2, 0.25) is 0 Å². The van der Waals surface area contributed by atoms with Gasteiger partial charge in [-0.2, -0.15) is 5.10 Å². The predicted octanol–water partition coefficient (Wildman–Crippen LogP) is 5.27. The first-order valence-corrected chi connectivity index (χ1v) is 9.43. The van der Waals surface area contributed by atoms with Crippen LogP contribution < -0.4 is 4.90 Å². The topological polar surface area (TPSA) is 49.0 Å². The molecule has 0 bridgehead atoms. The number of aryl methyl sites for hydroxylation is 1. The molecule has 0 fully saturated rings. The molecule has 0 radical (unpaired) electrons. The second-order valence-electron chi connectivity index (χ2n) is 7.16. The number of carbonyl (C=O) groups is 1. The molecule has 0 saturated carbocycles. The van der Waals surface area contributed by atoms with E-state index in [1.54, 1.807) is 23.1 Å². The van der Waals surface area contributed by atoms with Crippen molar-refractivity contribution >= 4 is 11.6 Å². The van der Waals surface area contributed by atoms with Gasteiger partial charge in [0, 0.05) is 22.4 Å². The Morgan fingerprint density at radius 1 is 0.931 bits per heavy atom. The second kappa shape index (κ2) is 6.71. The van der Waals surface area contributed by atoms with Crippen molar-refractivity contribution in [2.75, 3.05) is 4.90 Å². The summed E-state index contributed by atoms with van der Waals surface area (Å²) in [6, 6.07) is 23.3. The van der Waals surface area contributed by atoms with E-state index in [-0.39, 0.29) is 11.7 Å². The third kappa shape index (κ3) is 2.74. The van der Waals surface area contributed by atoms with Gasteiger partial charge in [0.15, 0.2) is 0 Å². The van der Waals surface area contributed by atoms with Gasteiger partial charge in [0.1, 0.15) is 11.5 Å². The zero-order valence-corrected chi connectivity index (χ0v) is 15.8. The Bertz CT molecular complexity index is 1200. The fourth-order valence-corrected chi connectivity index (χ4v) is 3.92. The van der Waals surface area contributed by atoms with E-state index < -0.39 is 6.04 Å². The molecule has 4 aromatic rings. The Morgan fingerprint density at radius 3 is 2.34 bits per heavy atom. The average Bonchev–Trinajstić information content (AvgIpc) is 3.29. The predicted molar refractivity (Wildman–Crippen MR) is 110 cm³/mol. The number of nitrogens with one attached hydrogen (secondary N) is 1. The highest BCUT2D eigenvalue weighted by Crippen LogP contribution is 2.45. The molecule has 0 unspecified atom stereocenters. The van der Waals surface area contributed by atoms with Crippen LogP contribution in [0.15, 0.2) is 78.9 Å². The van der Waals surface area contributed by atoms with Crippen LogP contribution in [0.25, 0.3) is 11.3 Å². The van der Waals surface area contributed by atoms with E-state index >= 15 is 0 Å². The highest BCUT2D eigenvalue weighted by molar-refractivity contribution is 6.11. The van der Waals surface area contributed by atoms with Crippen LogP contribution >= 0.6 is 0 Å². The molecule has 1 amide bonds. The molecule has 5 heteroatoms. The van der Waals surface area contributed by atoms with Crippen molar-refractivity contribution < 1.29 is 9.18 Å². The smallest absolute Gasteiger partial charge is 0.277 e. The summed E-state index contributed by atoms with van der Waals surface area (Å²) in [6.07, 6.45) is 0. The maximum atomic E-state index is 14.9. The lowest BCUT2D eigenvalue weighted by molar-refractivity contribution is 0.0988. The van der Waals surface area contributed by atoms with Crippen molar-refractivity contribution in [3.8, 4) is 11.3 Å². The van der Waals surface area contributed by atoms with E-state index in [1.165, 1.54) is 6.07 Å². The minimum Gasteiger partial charge on any atom is -0.295 e. The zero-order chi connectivity index (χ0) is 20.0. The fourth-order valence-electron chi connectivity index (χ4n) is 3.92. The number of benzene rings is 3. The van der Waals surface area contributed by atoms with E-state index in [4.69, 9.17) is 0 Å². The summed E-state index contributed by atoms with van der Waals surface area (Å²) < 4.78 is 14.9. The first-order valence-electron chi connectivity index (χ1n) is 9.43. The third-order valence-corrected chi connectivity index (χ3v) is 5.33. The van der Waals surface area contributed by atoms with Crippen molar-refractivity contribution in [3.63, 3.8) is 0 Å². The van der Waals surface area contributed by atoms with Crippen LogP contribution in [0.1, 0.15) is 33.2 Å². The maximum Gasteiger partial charge on any atom is 0.277 e. The molecule has 1 aliphatic rings. The molecule has 142 valence electrons. The summed E-state index contributed by atoms with van der Waals surface area (Å²) in [7, 11) is 0. The van der Waals surface area contributed by atoms with Crippen LogP contribution in [0, 0.1) is 12.7 Å². The van der Waals surface area contributed by atoms with Gasteiger partial charge in [0.25, 0.3) is 5.91 Å². The number of hydrogen-bond acceptors (Lipinski definition) is 2. The first kappa shape index (κ1) is 17.4. The number of rotatable bonds is 3. The standard InChI is InChI=1S/C24H18FN3O/c1-15-11-13-16(14-12-15)21-20-22(27-26-21)24(29)28(17-7-3-2-4-8-17)23(20)18-9-5-6-10-19(18)25/h2-14,23H,1H3,(H,26,27)/t23-/m0/s1. The second-order valence-corrected chi connectivity index (χ2v) is 7.16. The lowest BCUT2D eigenvalue weighted by Gasteiger charge is -2.26. The molecule has 1 aliphatic heterocycles. The van der Waals surface area contributed by atoms with Gasteiger partial charge in [-0.3, -0.25) is 14.8 Å². The summed E-state index contributed by atoms with van der Waals surface area (Å²) in [4.78, 5) is 15.0. The SMILES string of the molecule is Cc1ccc(-c2n[nH]c3c2[C@H](c2ccccc2F)N(c2ccccc2)C3=O)cc1. The lowest BCUT2D eigenvalue weighted by Crippen LogP contribution is -2.29. The molecule has 1 atom stereocenters. The normalized spacial score (nSPS) is 15.6. The summed E-state index contributed by atoms with van der Waals surface area (Å²) >= 11 is 0. The van der Waals surface area contributed by atoms with E-state index in [0.29, 0.717) is 28.2 Å². The molecule has 1 aromatic heterocycles. The number of aromatic amines is 1. The van der Waals surface area contributed by atoms with Crippen LogP contribution in [0.4, 0.5) is 10.1 Å². The van der Waals surface area contributed by atoms with Gasteiger partial charge in [-0.15, -0.1) is 0 Å². The van der Waals surface area contributed by atoms with Crippen LogP contribution in [-0.2, 0) is 0 Å². The number of carbonyl (C=O) groups excluding carboxylic acids is 1. The monoisotopic (exact) mass is 383 g/mol. The molecular weight excluding hydrogens is 365 g/mol. The minimum absolute atomic E-state index is 0.217. The number of aromatic nitrogens is 2. The zero-order valence-electron chi connectivity index (χ0n) is 15.8. The Labute approximate surface area is 167 Å². The Morgan fingerprint density at radius 2 is 1.62 bits per heavy atom. The quantitative estimate of drug-likeness (QED) is 0.524. The van der Waals surface area contributed by atoms with Gasteiger partial charge in [-0.25, -0.2) is 4.39 Å². The van der Waals surface area contributed by atoms with E-state index in [9.17, 15) is 9.18 Å². The highest BCUT2D eigenvalue weighted by atomic mass is 19.1. The molecular formula is C24H18FN3O. The lowest BCUT2D eigenvalue weighted by atomic mass is 9.95. The van der Waals surface area contributed by atoms with Crippen LogP contribution in [0.3, 0.4) is 0 Å². The van der Waals surface area contributed by atoms with E-state index in [0.717, 1.165) is 11.1 Å². The Kier molecular flexibility index (Phi) is 4.02. The molecule has 3 aromatic carbocycles. The Balaban J connectivity index is 1.75. The van der Waals surface area contributed by atoms with Gasteiger partial charge >= 0.3 is 0 Å². The van der Waals surface area contributed by atoms with Gasteiger partial charge < -0.3 is 0 Å². The van der Waals surface area contributed by atoms with Crippen molar-refractivity contribution in [2.45, 2.75) is 13.0 Å². The van der Waals surface area contributed by atoms with Crippen molar-refractivity contribution in [2.24, 2.45) is 0 Å². The third-order valence-electron chi connectivity index (χ3n) is 5.33. The van der Waals surface area contributed by atoms with Crippen LogP contribution in [0.2, 0.25) is 0 Å². The summed E-state index contributed by atoms with van der Waals surface area (Å²) in [6.45, 7) is 2.02. The summed E-state index contributed by atoms with van der Waals surface area (Å²) in [5.41, 5.74) is 4.94. The number of halogens is 1. The maximum absolute atomic E-state index is 14.9. The van der Waals surface area contributed by atoms with Crippen LogP contribution in [0.5, 0.6) is 0 Å². The number of H-pyrrole nitrogens is 1. The van der Waals surface area contributed by atoms with Gasteiger partial charge in [-0.1, -0.05) is 66.2 Å². The van der Waals surface area contributed by atoms with Crippen LogP contribution in [-0.4, -0.2) is 16.1 Å².